The molecule has 2 heterocycles. The molecule has 0 aliphatic carbocycles. The highest BCUT2D eigenvalue weighted by atomic mass is 35.5. The van der Waals surface area contributed by atoms with Crippen LogP contribution >= 0.6 is 23.2 Å². The number of aromatic nitrogens is 3. The quantitative estimate of drug-likeness (QED) is 0.676. The zero-order valence-electron chi connectivity index (χ0n) is 11.1. The molecule has 1 unspecified atom stereocenters. The number of hydrogen-bond donors (Lipinski definition) is 0. The van der Waals surface area contributed by atoms with Gasteiger partial charge in [-0.15, -0.1) is 11.6 Å². The Morgan fingerprint density at radius 2 is 2.20 bits per heavy atom. The second-order valence-electron chi connectivity index (χ2n) is 4.71. The summed E-state index contributed by atoms with van der Waals surface area (Å²) < 4.78 is 7.13. The molecule has 0 aliphatic heterocycles. The number of nitrogens with zero attached hydrogens (tertiary/aromatic N) is 3. The first-order valence-corrected chi connectivity index (χ1v) is 7.08. The number of halogens is 2. The molecule has 2 aromatic heterocycles. The number of aryl methyl sites for hydroxylation is 1. The highest BCUT2D eigenvalue weighted by molar-refractivity contribution is 6.35. The van der Waals surface area contributed by atoms with Gasteiger partial charge in [0.25, 0.3) is 0 Å². The van der Waals surface area contributed by atoms with Gasteiger partial charge >= 0.3 is 0 Å². The molecular weight excluding hydrogens is 297 g/mol. The molecule has 0 saturated carbocycles. The third-order valence-electron chi connectivity index (χ3n) is 3.11. The van der Waals surface area contributed by atoms with Gasteiger partial charge in [-0.25, -0.2) is 4.98 Å². The van der Waals surface area contributed by atoms with Crippen LogP contribution in [0, 0.1) is 6.92 Å². The van der Waals surface area contributed by atoms with Crippen LogP contribution in [0.25, 0.3) is 11.0 Å². The van der Waals surface area contributed by atoms with Crippen LogP contribution in [-0.2, 0) is 6.54 Å². The van der Waals surface area contributed by atoms with Crippen molar-refractivity contribution < 1.29 is 4.52 Å². The summed E-state index contributed by atoms with van der Waals surface area (Å²) in [6, 6.07) is 7.60. The average molecular weight is 310 g/mol. The predicted molar refractivity (Wildman–Crippen MR) is 79.4 cm³/mol. The summed E-state index contributed by atoms with van der Waals surface area (Å²) in [6.45, 7) is 4.31. The normalized spacial score (nSPS) is 13.0. The molecule has 0 fully saturated rings. The van der Waals surface area contributed by atoms with Gasteiger partial charge in [0.2, 0.25) is 0 Å². The molecule has 0 N–H and O–H groups in total. The zero-order valence-corrected chi connectivity index (χ0v) is 12.6. The van der Waals surface area contributed by atoms with Crippen molar-refractivity contribution in [2.24, 2.45) is 0 Å². The van der Waals surface area contributed by atoms with Crippen LogP contribution in [0.1, 0.15) is 29.6 Å². The maximum atomic E-state index is 6.23. The summed E-state index contributed by atoms with van der Waals surface area (Å²) in [5, 5.41) is 4.43. The van der Waals surface area contributed by atoms with Crippen LogP contribution in [0.3, 0.4) is 0 Å². The molecule has 1 atom stereocenters. The lowest BCUT2D eigenvalue weighted by Gasteiger charge is -2.08. The Morgan fingerprint density at radius 1 is 1.40 bits per heavy atom. The number of alkyl halides is 1. The van der Waals surface area contributed by atoms with Gasteiger partial charge in [0.15, 0.2) is 0 Å². The first-order chi connectivity index (χ1) is 9.56. The number of imidazole rings is 1. The number of benzene rings is 1. The molecular formula is C14H13Cl2N3O. The Bertz CT molecular complexity index is 761. The van der Waals surface area contributed by atoms with Crippen molar-refractivity contribution in [1.82, 2.24) is 14.7 Å². The lowest BCUT2D eigenvalue weighted by Crippen LogP contribution is -2.05. The fraction of sp³-hybridized carbons (Fsp3) is 0.286. The van der Waals surface area contributed by atoms with Crippen molar-refractivity contribution in [3.05, 3.63) is 46.6 Å². The predicted octanol–water partition coefficient (Wildman–Crippen LogP) is 4.33. The highest BCUT2D eigenvalue weighted by Gasteiger charge is 2.17. The summed E-state index contributed by atoms with van der Waals surface area (Å²) in [6.07, 6.45) is 0. The maximum absolute atomic E-state index is 6.23. The summed E-state index contributed by atoms with van der Waals surface area (Å²) in [5.41, 5.74) is 2.54. The van der Waals surface area contributed by atoms with E-state index in [9.17, 15) is 0 Å². The molecule has 0 spiro atoms. The maximum Gasteiger partial charge on any atom is 0.133 e. The van der Waals surface area contributed by atoms with Crippen molar-refractivity contribution in [3.63, 3.8) is 0 Å². The van der Waals surface area contributed by atoms with Gasteiger partial charge in [-0.2, -0.15) is 0 Å². The minimum absolute atomic E-state index is 0.216. The molecule has 0 radical (unpaired) electrons. The van der Waals surface area contributed by atoms with Crippen molar-refractivity contribution >= 4 is 34.2 Å². The van der Waals surface area contributed by atoms with Gasteiger partial charge in [-0.05, 0) is 26.0 Å². The fourth-order valence-electron chi connectivity index (χ4n) is 2.26. The monoisotopic (exact) mass is 309 g/mol. The summed E-state index contributed by atoms with van der Waals surface area (Å²) in [4.78, 5) is 4.56. The van der Waals surface area contributed by atoms with Crippen LogP contribution in [0.15, 0.2) is 28.8 Å². The molecule has 3 aromatic rings. The standard InChI is InChI=1S/C14H13Cl2N3O/c1-8-6-10(18-20-8)7-19-12-5-3-4-11(16)13(12)17-14(19)9(2)15/h3-6,9H,7H2,1-2H3. The van der Waals surface area contributed by atoms with Crippen LogP contribution < -0.4 is 0 Å². The van der Waals surface area contributed by atoms with Crippen LogP contribution in [0.2, 0.25) is 5.02 Å². The highest BCUT2D eigenvalue weighted by Crippen LogP contribution is 2.29. The molecule has 1 aromatic carbocycles. The van der Waals surface area contributed by atoms with Crippen molar-refractivity contribution in [2.45, 2.75) is 25.8 Å². The number of fused-ring (bicyclic) bond motifs is 1. The molecule has 20 heavy (non-hydrogen) atoms. The van der Waals surface area contributed by atoms with E-state index in [1.807, 2.05) is 42.7 Å². The Labute approximate surface area is 126 Å². The smallest absolute Gasteiger partial charge is 0.133 e. The van der Waals surface area contributed by atoms with E-state index < -0.39 is 0 Å². The van der Waals surface area contributed by atoms with E-state index in [0.717, 1.165) is 28.3 Å². The minimum Gasteiger partial charge on any atom is -0.361 e. The van der Waals surface area contributed by atoms with Crippen LogP contribution in [0.5, 0.6) is 0 Å². The molecule has 104 valence electrons. The molecule has 0 aliphatic rings. The third-order valence-corrected chi connectivity index (χ3v) is 3.61. The molecule has 3 rings (SSSR count). The SMILES string of the molecule is Cc1cc(Cn2c(C(C)Cl)nc3c(Cl)cccc32)no1. The lowest BCUT2D eigenvalue weighted by molar-refractivity contribution is 0.389. The van der Waals surface area contributed by atoms with Gasteiger partial charge < -0.3 is 9.09 Å². The van der Waals surface area contributed by atoms with Gasteiger partial charge in [0, 0.05) is 6.07 Å². The third kappa shape index (κ3) is 2.30. The fourth-order valence-corrected chi connectivity index (χ4v) is 2.63. The van der Waals surface area contributed by atoms with E-state index in [-0.39, 0.29) is 5.38 Å². The first kappa shape index (κ1) is 13.5. The Balaban J connectivity index is 2.16. The van der Waals surface area contributed by atoms with Crippen LogP contribution in [0.4, 0.5) is 0 Å². The van der Waals surface area contributed by atoms with E-state index in [0.29, 0.717) is 11.6 Å². The van der Waals surface area contributed by atoms with E-state index in [1.165, 1.54) is 0 Å². The molecule has 0 saturated heterocycles. The Hall–Kier alpha value is -1.52. The van der Waals surface area contributed by atoms with Gasteiger partial charge in [0.05, 0.1) is 22.5 Å². The van der Waals surface area contributed by atoms with E-state index >= 15 is 0 Å². The number of hydrogen-bond acceptors (Lipinski definition) is 3. The second kappa shape index (κ2) is 5.11. The first-order valence-electron chi connectivity index (χ1n) is 6.27. The molecule has 6 heteroatoms. The zero-order chi connectivity index (χ0) is 14.3. The summed E-state index contributed by atoms with van der Waals surface area (Å²) in [7, 11) is 0. The van der Waals surface area contributed by atoms with E-state index in [1.54, 1.807) is 0 Å². The molecule has 4 nitrogen and oxygen atoms in total. The van der Waals surface area contributed by atoms with E-state index in [4.69, 9.17) is 27.7 Å². The molecule has 0 bridgehead atoms. The molecule has 0 amide bonds. The minimum atomic E-state index is -0.216. The summed E-state index contributed by atoms with van der Waals surface area (Å²) in [5.74, 6) is 1.55. The van der Waals surface area contributed by atoms with Gasteiger partial charge in [-0.3, -0.25) is 0 Å². The Kier molecular flexibility index (Phi) is 3.44. The van der Waals surface area contributed by atoms with E-state index in [2.05, 4.69) is 10.1 Å². The van der Waals surface area contributed by atoms with Gasteiger partial charge in [0.1, 0.15) is 22.8 Å². The topological polar surface area (TPSA) is 43.9 Å². The number of para-hydroxylation sites is 1. The van der Waals surface area contributed by atoms with Gasteiger partial charge in [-0.1, -0.05) is 22.8 Å². The van der Waals surface area contributed by atoms with Crippen molar-refractivity contribution in [3.8, 4) is 0 Å². The lowest BCUT2D eigenvalue weighted by atomic mass is 10.3. The van der Waals surface area contributed by atoms with Crippen LogP contribution in [-0.4, -0.2) is 14.7 Å². The number of rotatable bonds is 3. The summed E-state index contributed by atoms with van der Waals surface area (Å²) >= 11 is 12.4. The average Bonchev–Trinajstić information content (AvgIpc) is 2.96. The van der Waals surface area contributed by atoms with Crippen molar-refractivity contribution in [2.75, 3.05) is 0 Å². The van der Waals surface area contributed by atoms with Crippen molar-refractivity contribution in [1.29, 1.82) is 0 Å². The largest absolute Gasteiger partial charge is 0.361 e. The second-order valence-corrected chi connectivity index (χ2v) is 5.77. The Morgan fingerprint density at radius 3 is 2.85 bits per heavy atom.